The highest BCUT2D eigenvalue weighted by molar-refractivity contribution is 5.88. The lowest BCUT2D eigenvalue weighted by atomic mass is 9.95. The zero-order chi connectivity index (χ0) is 17.1. The van der Waals surface area contributed by atoms with Crippen molar-refractivity contribution in [2.24, 2.45) is 0 Å². The first kappa shape index (κ1) is 17.3. The van der Waals surface area contributed by atoms with Crippen LogP contribution < -0.4 is 4.74 Å². The van der Waals surface area contributed by atoms with Crippen LogP contribution in [0.1, 0.15) is 46.1 Å². The molecule has 2 aromatic carbocycles. The minimum Gasteiger partial charge on any atom is -0.497 e. The first-order chi connectivity index (χ1) is 10.8. The molecule has 124 valence electrons. The molecule has 0 aliphatic carbocycles. The van der Waals surface area contributed by atoms with Crippen LogP contribution in [0.5, 0.6) is 5.75 Å². The summed E-state index contributed by atoms with van der Waals surface area (Å²) in [5.41, 5.74) is 1.05. The number of hydrogen-bond acceptors (Lipinski definition) is 2. The number of hydrogen-bond donors (Lipinski definition) is 0. The molecule has 1 unspecified atom stereocenters. The Hall–Kier alpha value is -2.03. The van der Waals surface area contributed by atoms with E-state index in [1.165, 1.54) is 0 Å². The Balaban J connectivity index is 2.33. The van der Waals surface area contributed by atoms with Gasteiger partial charge in [0, 0.05) is 12.1 Å². The second kappa shape index (κ2) is 7.03. The largest absolute Gasteiger partial charge is 0.497 e. The quantitative estimate of drug-likeness (QED) is 0.807. The second-order valence-electron chi connectivity index (χ2n) is 6.63. The van der Waals surface area contributed by atoms with Crippen LogP contribution in [0, 0.1) is 0 Å². The minimum atomic E-state index is -0.147. The molecule has 2 aromatic rings. The summed E-state index contributed by atoms with van der Waals surface area (Å²) in [5, 5.41) is 2.25. The third-order valence-corrected chi connectivity index (χ3v) is 4.31. The zero-order valence-corrected chi connectivity index (χ0v) is 15.0. The highest BCUT2D eigenvalue weighted by atomic mass is 16.5. The lowest BCUT2D eigenvalue weighted by Crippen LogP contribution is -2.44. The van der Waals surface area contributed by atoms with Gasteiger partial charge in [-0.3, -0.25) is 4.79 Å². The van der Waals surface area contributed by atoms with E-state index in [0.29, 0.717) is 0 Å². The van der Waals surface area contributed by atoms with Crippen molar-refractivity contribution in [1.82, 2.24) is 4.90 Å². The summed E-state index contributed by atoms with van der Waals surface area (Å²) in [4.78, 5) is 14.8. The molecule has 0 bridgehead atoms. The summed E-state index contributed by atoms with van der Waals surface area (Å²) in [7, 11) is 1.67. The maximum absolute atomic E-state index is 12.9. The van der Waals surface area contributed by atoms with Gasteiger partial charge in [-0.2, -0.15) is 0 Å². The average molecular weight is 313 g/mol. The van der Waals surface area contributed by atoms with Gasteiger partial charge in [-0.1, -0.05) is 24.3 Å². The van der Waals surface area contributed by atoms with Gasteiger partial charge in [-0.05, 0) is 63.1 Å². The van der Waals surface area contributed by atoms with Crippen molar-refractivity contribution in [2.45, 2.75) is 52.6 Å². The number of carbonyl (C=O) groups excluding carboxylic acids is 1. The summed E-state index contributed by atoms with van der Waals surface area (Å²) in [5.74, 6) is 0.884. The lowest BCUT2D eigenvalue weighted by molar-refractivity contribution is -0.136. The van der Waals surface area contributed by atoms with Crippen molar-refractivity contribution >= 4 is 16.7 Å². The molecule has 0 fully saturated rings. The van der Waals surface area contributed by atoms with Crippen LogP contribution in [-0.2, 0) is 4.79 Å². The van der Waals surface area contributed by atoms with Gasteiger partial charge >= 0.3 is 0 Å². The van der Waals surface area contributed by atoms with E-state index in [4.69, 9.17) is 4.74 Å². The molecule has 0 aromatic heterocycles. The summed E-state index contributed by atoms with van der Waals surface area (Å²) in [6, 6.07) is 12.6. The van der Waals surface area contributed by atoms with Crippen LogP contribution in [0.4, 0.5) is 0 Å². The monoisotopic (exact) mass is 313 g/mol. The van der Waals surface area contributed by atoms with Gasteiger partial charge < -0.3 is 9.64 Å². The van der Waals surface area contributed by atoms with E-state index >= 15 is 0 Å². The Morgan fingerprint density at radius 3 is 2.04 bits per heavy atom. The van der Waals surface area contributed by atoms with Crippen LogP contribution in [0.25, 0.3) is 10.8 Å². The number of amides is 1. The molecule has 2 rings (SSSR count). The first-order valence-corrected chi connectivity index (χ1v) is 8.25. The predicted octanol–water partition coefficient (Wildman–Crippen LogP) is 4.60. The molecule has 0 radical (unpaired) electrons. The summed E-state index contributed by atoms with van der Waals surface area (Å²) in [6.45, 7) is 10.3. The van der Waals surface area contributed by atoms with Crippen molar-refractivity contribution < 1.29 is 9.53 Å². The van der Waals surface area contributed by atoms with Crippen molar-refractivity contribution in [2.75, 3.05) is 7.11 Å². The molecule has 0 spiro atoms. The van der Waals surface area contributed by atoms with E-state index in [9.17, 15) is 4.79 Å². The van der Waals surface area contributed by atoms with Crippen LogP contribution in [0.2, 0.25) is 0 Å². The Bertz CT molecular complexity index is 683. The van der Waals surface area contributed by atoms with Crippen molar-refractivity contribution in [1.29, 1.82) is 0 Å². The lowest BCUT2D eigenvalue weighted by Gasteiger charge is -2.33. The number of carbonyl (C=O) groups is 1. The molecule has 0 N–H and O–H groups in total. The molecule has 0 aliphatic heterocycles. The minimum absolute atomic E-state index is 0.147. The van der Waals surface area contributed by atoms with Crippen molar-refractivity contribution in [3.63, 3.8) is 0 Å². The number of ether oxygens (including phenoxy) is 1. The standard InChI is InChI=1S/C20H27NO2/c1-13(2)21(14(3)4)20(22)15(5)16-7-8-18-12-19(23-6)10-9-17(18)11-16/h7-15H,1-6H3. The molecular formula is C20H27NO2. The number of benzene rings is 2. The highest BCUT2D eigenvalue weighted by Crippen LogP contribution is 2.27. The maximum atomic E-state index is 12.9. The summed E-state index contributed by atoms with van der Waals surface area (Å²) >= 11 is 0. The van der Waals surface area contributed by atoms with Gasteiger partial charge in [-0.25, -0.2) is 0 Å². The van der Waals surface area contributed by atoms with E-state index < -0.39 is 0 Å². The second-order valence-corrected chi connectivity index (χ2v) is 6.63. The third kappa shape index (κ3) is 3.66. The maximum Gasteiger partial charge on any atom is 0.230 e. The molecule has 0 saturated heterocycles. The molecule has 3 heteroatoms. The fourth-order valence-electron chi connectivity index (χ4n) is 3.11. The number of rotatable bonds is 5. The van der Waals surface area contributed by atoms with E-state index in [-0.39, 0.29) is 23.9 Å². The van der Waals surface area contributed by atoms with Gasteiger partial charge in [0.05, 0.1) is 13.0 Å². The molecule has 0 aliphatic rings. The Kier molecular flexibility index (Phi) is 5.30. The van der Waals surface area contributed by atoms with E-state index in [1.807, 2.05) is 36.1 Å². The fourth-order valence-corrected chi connectivity index (χ4v) is 3.11. The van der Waals surface area contributed by atoms with E-state index in [0.717, 1.165) is 22.1 Å². The van der Waals surface area contributed by atoms with Crippen molar-refractivity contribution in [3.8, 4) is 5.75 Å². The molecule has 0 heterocycles. The smallest absolute Gasteiger partial charge is 0.230 e. The predicted molar refractivity (Wildman–Crippen MR) is 96.0 cm³/mol. The molecule has 1 amide bonds. The topological polar surface area (TPSA) is 29.5 Å². The first-order valence-electron chi connectivity index (χ1n) is 8.25. The van der Waals surface area contributed by atoms with Gasteiger partial charge in [0.15, 0.2) is 0 Å². The molecule has 3 nitrogen and oxygen atoms in total. The van der Waals surface area contributed by atoms with Gasteiger partial charge in [0.25, 0.3) is 0 Å². The van der Waals surface area contributed by atoms with Gasteiger partial charge in [0.1, 0.15) is 5.75 Å². The van der Waals surface area contributed by atoms with Crippen LogP contribution in [-0.4, -0.2) is 30.0 Å². The van der Waals surface area contributed by atoms with Gasteiger partial charge in [-0.15, -0.1) is 0 Å². The zero-order valence-electron chi connectivity index (χ0n) is 15.0. The molecule has 1 atom stereocenters. The number of methoxy groups -OCH3 is 1. The molecule has 23 heavy (non-hydrogen) atoms. The van der Waals surface area contributed by atoms with Gasteiger partial charge in [0.2, 0.25) is 5.91 Å². The van der Waals surface area contributed by atoms with Crippen LogP contribution >= 0.6 is 0 Å². The van der Waals surface area contributed by atoms with Crippen molar-refractivity contribution in [3.05, 3.63) is 42.0 Å². The Morgan fingerprint density at radius 1 is 0.913 bits per heavy atom. The SMILES string of the molecule is COc1ccc2cc(C(C)C(=O)N(C(C)C)C(C)C)ccc2c1. The Morgan fingerprint density at radius 2 is 1.48 bits per heavy atom. The Labute approximate surface area is 139 Å². The molecular weight excluding hydrogens is 286 g/mol. The van der Waals surface area contributed by atoms with E-state index in [2.05, 4.69) is 39.8 Å². The van der Waals surface area contributed by atoms with Crippen LogP contribution in [0.3, 0.4) is 0 Å². The van der Waals surface area contributed by atoms with Crippen LogP contribution in [0.15, 0.2) is 36.4 Å². The van der Waals surface area contributed by atoms with E-state index in [1.54, 1.807) is 7.11 Å². The summed E-state index contributed by atoms with van der Waals surface area (Å²) < 4.78 is 5.26. The number of fused-ring (bicyclic) bond motifs is 1. The summed E-state index contributed by atoms with van der Waals surface area (Å²) in [6.07, 6.45) is 0. The number of nitrogens with zero attached hydrogens (tertiary/aromatic N) is 1. The highest BCUT2D eigenvalue weighted by Gasteiger charge is 2.26. The fraction of sp³-hybridized carbons (Fsp3) is 0.450. The normalized spacial score (nSPS) is 12.7. The third-order valence-electron chi connectivity index (χ3n) is 4.31. The average Bonchev–Trinajstić information content (AvgIpc) is 2.52. The molecule has 0 saturated carbocycles.